The lowest BCUT2D eigenvalue weighted by Crippen LogP contribution is -2.59. The van der Waals surface area contributed by atoms with Gasteiger partial charge in [0.2, 0.25) is 0 Å². The fraction of sp³-hybridized carbons (Fsp3) is 1.00. The Morgan fingerprint density at radius 1 is 0.244 bits per heavy atom. The summed E-state index contributed by atoms with van der Waals surface area (Å²) in [6.07, 6.45) is -33.2. The molecule has 67 heteroatoms. The monoisotopic (exact) mass is 2000 g/mol. The van der Waals surface area contributed by atoms with E-state index in [0.717, 1.165) is 0 Å². The van der Waals surface area contributed by atoms with Crippen molar-refractivity contribution in [3.05, 3.63) is 0 Å². The van der Waals surface area contributed by atoms with Crippen molar-refractivity contribution in [3.8, 4) is 0 Å². The second-order valence-corrected chi connectivity index (χ2v) is 33.1. The van der Waals surface area contributed by atoms with Crippen LogP contribution < -0.4 is 0 Å². The van der Waals surface area contributed by atoms with Gasteiger partial charge in [0, 0.05) is 47.3 Å². The summed E-state index contributed by atoms with van der Waals surface area (Å²) in [4.78, 5) is 0. The van der Waals surface area contributed by atoms with E-state index in [1.807, 2.05) is 20.8 Å². The zero-order valence-electron chi connectivity index (χ0n) is 65.6. The fourth-order valence-corrected chi connectivity index (χ4v) is 19.2. The molecule has 15 unspecified atom stereocenters. The van der Waals surface area contributed by atoms with Crippen molar-refractivity contribution in [1.82, 2.24) is 0 Å². The fourth-order valence-electron chi connectivity index (χ4n) is 15.0. The molecule has 726 valence electrons. The predicted molar refractivity (Wildman–Crippen MR) is 397 cm³/mol. The van der Waals surface area contributed by atoms with Crippen molar-refractivity contribution in [1.29, 1.82) is 0 Å². The molecular formula is C56H100O57S10. The highest BCUT2D eigenvalue weighted by Crippen LogP contribution is 2.44. The third kappa shape index (κ3) is 34.9. The first-order valence-electron chi connectivity index (χ1n) is 36.4. The number of hydrogen-bond donors (Lipinski definition) is 14. The number of aliphatic hydroxyl groups is 4. The summed E-state index contributed by atoms with van der Waals surface area (Å²) in [5.41, 5.74) is 0. The molecule has 7 fully saturated rings. The molecule has 7 rings (SSSR count). The van der Waals surface area contributed by atoms with E-state index in [2.05, 4.69) is 75.7 Å². The van der Waals surface area contributed by atoms with Gasteiger partial charge in [0.05, 0.1) is 146 Å². The Bertz CT molecular complexity index is 2850. The van der Waals surface area contributed by atoms with Gasteiger partial charge in [-0.1, -0.05) is 59.2 Å². The summed E-state index contributed by atoms with van der Waals surface area (Å²) in [5.74, 6) is -6.83. The third-order valence-electron chi connectivity index (χ3n) is 20.9. The van der Waals surface area contributed by atoms with E-state index in [0.29, 0.717) is 0 Å². The molecule has 0 spiro atoms. The van der Waals surface area contributed by atoms with Gasteiger partial charge in [-0.05, 0) is 48.5 Å². The Balaban J connectivity index is 1.27. The van der Waals surface area contributed by atoms with Gasteiger partial charge in [0.1, 0.15) is 91.6 Å². The lowest BCUT2D eigenvalue weighted by Gasteiger charge is -2.47. The van der Waals surface area contributed by atoms with Crippen LogP contribution in [0.3, 0.4) is 0 Å². The van der Waals surface area contributed by atoms with E-state index in [1.54, 1.807) is 20.8 Å². The number of rotatable bonds is 62. The largest absolute Gasteiger partial charge is 0.397 e. The number of ether oxygens (including phenoxy) is 13. The van der Waals surface area contributed by atoms with Crippen LogP contribution in [0.5, 0.6) is 0 Å². The summed E-state index contributed by atoms with van der Waals surface area (Å²) in [6, 6.07) is 0. The van der Waals surface area contributed by atoms with Gasteiger partial charge in [0.15, 0.2) is 117 Å². The van der Waals surface area contributed by atoms with Crippen molar-refractivity contribution in [2.75, 3.05) is 79.3 Å². The minimum Gasteiger partial charge on any atom is -0.392 e. The van der Waals surface area contributed by atoms with E-state index in [1.165, 1.54) is 20.8 Å². The molecule has 57 nitrogen and oxygen atoms in total. The van der Waals surface area contributed by atoms with Crippen LogP contribution >= 0.6 is 111 Å². The maximum atomic E-state index is 12.1. The maximum absolute atomic E-state index is 12.1. The van der Waals surface area contributed by atoms with Crippen LogP contribution in [0.1, 0.15) is 62.3 Å². The van der Waals surface area contributed by atoms with Crippen LogP contribution in [-0.2, 0) is 198 Å². The Kier molecular flexibility index (Phi) is 54.5. The molecule has 0 bridgehead atoms. The Hall–Kier alpha value is 0.900. The molecule has 123 heavy (non-hydrogen) atoms. The van der Waals surface area contributed by atoms with Gasteiger partial charge in [-0.25, -0.2) is 51.5 Å². The van der Waals surface area contributed by atoms with Crippen molar-refractivity contribution in [2.45, 2.75) is 227 Å². The summed E-state index contributed by atoms with van der Waals surface area (Å²) < 4.78 is 215. The van der Waals surface area contributed by atoms with Gasteiger partial charge in [-0.3, -0.25) is 42.2 Å². The highest BCUT2D eigenvalue weighted by Gasteiger charge is 2.55. The van der Waals surface area contributed by atoms with Gasteiger partial charge in [0.25, 0.3) is 0 Å². The maximum Gasteiger partial charge on any atom is 0.397 e. The average Bonchev–Trinajstić information content (AvgIpc) is 0.785. The highest BCUT2D eigenvalue weighted by atomic mass is 32.3. The normalized spacial score (nSPS) is 38.4. The first-order valence-corrected chi connectivity index (χ1v) is 43.8. The first-order chi connectivity index (χ1) is 59.3. The molecule has 7 saturated heterocycles. The van der Waals surface area contributed by atoms with Crippen LogP contribution in [0.15, 0.2) is 0 Å². The molecule has 0 saturated carbocycles. The van der Waals surface area contributed by atoms with Crippen LogP contribution in [0.25, 0.3) is 0 Å². The molecular weight excluding hydrogens is 1910 g/mol. The Labute approximate surface area is 739 Å². The Morgan fingerprint density at radius 3 is 0.927 bits per heavy atom. The second kappa shape index (κ2) is 60.4. The minimum absolute atomic E-state index is 0.0487. The summed E-state index contributed by atoms with van der Waals surface area (Å²) >= 11 is 1.19. The summed E-state index contributed by atoms with van der Waals surface area (Å²) in [6.45, 7) is 9.81. The molecule has 7 aliphatic heterocycles. The SMILES string of the molecule is CC1[C@H](COC[C@@H]2C(OSOOO)[C@H](COC[C@@H]3C(COC[C@@H]4OC(C)[C@H](O)[C@H](OS(=O)(=O)O)C4O)[C@H](COCC4[C@H](COC[C@@H]5C(OSOOO)C(O)OC(C)[C@@H]5OSOOO)OC(C)[C@H](OSOOO)[C@@H]4COC[C@@H]4OC(C)[C@H](OSOOO)[C@H](OSOOO)C4OSOOO)OC(C)[C@@H]3OSOOO)OC(C)[C@@H]2OSOOO)OC(C)[C@H](C)[C@@H]1O. The summed E-state index contributed by atoms with van der Waals surface area (Å²) in [7, 11) is -5.31. The molecule has 0 radical (unpaired) electrons. The smallest absolute Gasteiger partial charge is 0.392 e. The molecule has 0 aliphatic carbocycles. The van der Waals surface area contributed by atoms with Crippen LogP contribution in [0, 0.1) is 47.3 Å². The van der Waals surface area contributed by atoms with Crippen molar-refractivity contribution >= 4 is 121 Å². The van der Waals surface area contributed by atoms with E-state index in [9.17, 15) is 49.2 Å². The first kappa shape index (κ1) is 111. The molecule has 0 aromatic heterocycles. The van der Waals surface area contributed by atoms with Crippen molar-refractivity contribution in [2.24, 2.45) is 47.3 Å². The molecule has 7 heterocycles. The van der Waals surface area contributed by atoms with Gasteiger partial charge < -0.3 is 82.0 Å². The Morgan fingerprint density at radius 2 is 0.520 bits per heavy atom. The molecule has 35 atom stereocenters. The number of hydrogen-bond acceptors (Lipinski definition) is 65. The minimum atomic E-state index is -5.31. The molecule has 7 aliphatic rings. The van der Waals surface area contributed by atoms with Gasteiger partial charge in [-0.15, -0.1) is 39.0 Å². The summed E-state index contributed by atoms with van der Waals surface area (Å²) in [5, 5.41) is 161. The average molecular weight is 2010 g/mol. The van der Waals surface area contributed by atoms with Crippen molar-refractivity contribution in [3.63, 3.8) is 0 Å². The van der Waals surface area contributed by atoms with Gasteiger partial charge in [-0.2, -0.15) is 8.42 Å². The highest BCUT2D eigenvalue weighted by molar-refractivity contribution is 7.91. The van der Waals surface area contributed by atoms with Crippen LogP contribution in [0.4, 0.5) is 0 Å². The zero-order valence-corrected chi connectivity index (χ0v) is 73.8. The topological polar surface area (TPSA) is 696 Å². The lowest BCUT2D eigenvalue weighted by molar-refractivity contribution is -0.436. The quantitative estimate of drug-likeness (QED) is 0.0134. The zero-order chi connectivity index (χ0) is 89.5. The van der Waals surface area contributed by atoms with E-state index < -0.39 is 271 Å². The van der Waals surface area contributed by atoms with Crippen LogP contribution in [-0.4, -0.2) is 325 Å². The lowest BCUT2D eigenvalue weighted by atomic mass is 9.79. The second-order valence-electron chi connectivity index (χ2n) is 27.8. The molecule has 14 N–H and O–H groups in total. The predicted octanol–water partition coefficient (Wildman–Crippen LogP) is 4.11. The standard InChI is InChI=1S/C56H100O57S10/c1-22-24(3)79-37(23(2)43(22)57)16-77-14-35-48(88-116-107-98-63)28(7)83-41(51(35)91-119-110-101-66)20-75-12-33-32(11-74-19-40-45(59)54(95-123(70,71)72)44(58)25(4)80-40)38(81-26(5)46(33)86-114-105-96-61)17-73-10-31-34(13-76-21-42-53(93-121-112-103-68)55(94-122-113-104-69)50(30(9)84-42)90-118-109-100-65)47(87-115-106-97-62)27(6)82-39(31)18-78-15-36-49(89-117-108-99-64)29(8)85-56(60)52(36)92-120-111-102-67/h22-69H,10-21H2,1-9H3,(H,70,71,72)/t22-,23?,24?,25?,26?,27?,28?,29?,30?,31?,32?,33+,34+,35-,36-,37-,38-,39-,40-,41-,42-,43-,44-,45?,46-,47-,48-,49-,50-,51?,52?,53?,54-,55-,56?/m0/s1. The van der Waals surface area contributed by atoms with Crippen LogP contribution in [0.2, 0.25) is 0 Å². The van der Waals surface area contributed by atoms with E-state index in [-0.39, 0.29) is 142 Å². The number of aliphatic hydroxyl groups excluding tert-OH is 4. The van der Waals surface area contributed by atoms with E-state index in [4.69, 9.17) is 144 Å². The van der Waals surface area contributed by atoms with Crippen molar-refractivity contribution < 1.29 is 268 Å². The molecule has 0 aromatic rings. The van der Waals surface area contributed by atoms with E-state index >= 15 is 0 Å². The molecule has 0 aromatic carbocycles. The van der Waals surface area contributed by atoms with Gasteiger partial charge >= 0.3 is 10.4 Å². The third-order valence-corrected chi connectivity index (χ3v) is 25.1. The molecule has 0 amide bonds.